The maximum Gasteiger partial charge on any atom is 0.267 e. The van der Waals surface area contributed by atoms with Gasteiger partial charge in [0.15, 0.2) is 0 Å². The molecule has 4 rings (SSSR count). The Morgan fingerprint density at radius 2 is 1.56 bits per heavy atom. The van der Waals surface area contributed by atoms with Crippen molar-refractivity contribution in [1.82, 2.24) is 9.88 Å². The number of aromatic nitrogens is 1. The molecule has 27 heavy (non-hydrogen) atoms. The van der Waals surface area contributed by atoms with Crippen LogP contribution in [0.1, 0.15) is 32.1 Å². The first-order valence-electron chi connectivity index (χ1n) is 9.69. The highest BCUT2D eigenvalue weighted by atomic mass is 35.5. The van der Waals surface area contributed by atoms with Gasteiger partial charge in [-0.1, -0.05) is 30.2 Å². The summed E-state index contributed by atoms with van der Waals surface area (Å²) in [5, 5.41) is 0.224. The maximum atomic E-state index is 11.7. The standard InChI is InChI=1S/C21H26ClN3O.ClH/c22-19-8-9-20(23-21(19)26)16-4-6-17(7-5-16)25-14-10-18(11-15-25)24-12-2-1-3-13-24;/h4-9,18H,1-3,10-15H2,(H,23,26);1H. The zero-order valence-corrected chi connectivity index (χ0v) is 17.1. The monoisotopic (exact) mass is 407 g/mol. The highest BCUT2D eigenvalue weighted by Crippen LogP contribution is 2.26. The molecule has 2 aromatic rings. The van der Waals surface area contributed by atoms with E-state index < -0.39 is 0 Å². The lowest BCUT2D eigenvalue weighted by molar-refractivity contribution is 0.141. The Balaban J connectivity index is 0.00000210. The van der Waals surface area contributed by atoms with Crippen molar-refractivity contribution in [2.24, 2.45) is 0 Å². The number of anilines is 1. The Kier molecular flexibility index (Phi) is 6.85. The highest BCUT2D eigenvalue weighted by molar-refractivity contribution is 6.30. The van der Waals surface area contributed by atoms with Crippen LogP contribution >= 0.6 is 24.0 Å². The van der Waals surface area contributed by atoms with E-state index in [1.165, 1.54) is 50.9 Å². The van der Waals surface area contributed by atoms with Crippen molar-refractivity contribution >= 4 is 29.7 Å². The molecule has 0 amide bonds. The lowest BCUT2D eigenvalue weighted by Gasteiger charge is -2.41. The minimum absolute atomic E-state index is 0. The molecule has 1 N–H and O–H groups in total. The van der Waals surface area contributed by atoms with Crippen LogP contribution < -0.4 is 10.5 Å². The molecule has 3 heterocycles. The Hall–Kier alpha value is -1.49. The topological polar surface area (TPSA) is 39.3 Å². The Morgan fingerprint density at radius 3 is 2.19 bits per heavy atom. The molecule has 2 saturated heterocycles. The molecule has 146 valence electrons. The lowest BCUT2D eigenvalue weighted by atomic mass is 9.99. The van der Waals surface area contributed by atoms with E-state index in [4.69, 9.17) is 11.6 Å². The third-order valence-corrected chi connectivity index (χ3v) is 6.07. The second-order valence-corrected chi connectivity index (χ2v) is 7.82. The first kappa shape index (κ1) is 20.2. The van der Waals surface area contributed by atoms with Crippen LogP contribution in [0.3, 0.4) is 0 Å². The maximum absolute atomic E-state index is 11.7. The van der Waals surface area contributed by atoms with Gasteiger partial charge >= 0.3 is 0 Å². The summed E-state index contributed by atoms with van der Waals surface area (Å²) in [5.41, 5.74) is 2.83. The average molecular weight is 408 g/mol. The van der Waals surface area contributed by atoms with Crippen molar-refractivity contribution in [2.45, 2.75) is 38.1 Å². The molecule has 0 unspecified atom stereocenters. The molecule has 0 bridgehead atoms. The molecule has 0 atom stereocenters. The van der Waals surface area contributed by atoms with E-state index >= 15 is 0 Å². The highest BCUT2D eigenvalue weighted by Gasteiger charge is 2.25. The largest absolute Gasteiger partial charge is 0.371 e. The van der Waals surface area contributed by atoms with E-state index in [0.29, 0.717) is 0 Å². The molecule has 0 aliphatic carbocycles. The van der Waals surface area contributed by atoms with Crippen molar-refractivity contribution in [2.75, 3.05) is 31.1 Å². The number of pyridine rings is 1. The molecule has 0 spiro atoms. The van der Waals surface area contributed by atoms with E-state index in [-0.39, 0.29) is 23.0 Å². The van der Waals surface area contributed by atoms with Gasteiger partial charge in [-0.2, -0.15) is 0 Å². The second-order valence-electron chi connectivity index (χ2n) is 7.41. The van der Waals surface area contributed by atoms with Crippen LogP contribution in [0.5, 0.6) is 0 Å². The van der Waals surface area contributed by atoms with Crippen LogP contribution in [0.25, 0.3) is 11.3 Å². The third-order valence-electron chi connectivity index (χ3n) is 5.78. The summed E-state index contributed by atoms with van der Waals surface area (Å²) in [6.07, 6.45) is 6.65. The molecular formula is C21H27Cl2N3O. The van der Waals surface area contributed by atoms with Crippen molar-refractivity contribution in [3.05, 3.63) is 51.8 Å². The molecule has 6 heteroatoms. The molecule has 0 radical (unpaired) electrons. The van der Waals surface area contributed by atoms with Gasteiger partial charge in [-0.15, -0.1) is 12.4 Å². The minimum atomic E-state index is -0.243. The van der Waals surface area contributed by atoms with Gasteiger partial charge in [0.1, 0.15) is 5.02 Å². The van der Waals surface area contributed by atoms with Gasteiger partial charge in [0.05, 0.1) is 0 Å². The molecule has 1 aromatic carbocycles. The fourth-order valence-electron chi connectivity index (χ4n) is 4.25. The van der Waals surface area contributed by atoms with Crippen molar-refractivity contribution < 1.29 is 0 Å². The number of likely N-dealkylation sites (tertiary alicyclic amines) is 1. The average Bonchev–Trinajstić information content (AvgIpc) is 2.71. The summed E-state index contributed by atoms with van der Waals surface area (Å²) in [5.74, 6) is 0. The number of aromatic amines is 1. The van der Waals surface area contributed by atoms with Gasteiger partial charge in [-0.25, -0.2) is 0 Å². The number of rotatable bonds is 3. The predicted octanol–water partition coefficient (Wildman–Crippen LogP) is 4.57. The summed E-state index contributed by atoms with van der Waals surface area (Å²) in [6, 6.07) is 12.7. The molecular weight excluding hydrogens is 381 g/mol. The number of nitrogens with one attached hydrogen (secondary N) is 1. The SMILES string of the molecule is Cl.O=c1[nH]c(-c2ccc(N3CCC(N4CCCCC4)CC3)cc2)ccc1Cl. The van der Waals surface area contributed by atoms with Gasteiger partial charge in [-0.05, 0) is 68.6 Å². The summed E-state index contributed by atoms with van der Waals surface area (Å²) in [6.45, 7) is 4.83. The molecule has 0 saturated carbocycles. The molecule has 1 aromatic heterocycles. The summed E-state index contributed by atoms with van der Waals surface area (Å²) in [4.78, 5) is 19.7. The van der Waals surface area contributed by atoms with E-state index in [2.05, 4.69) is 39.0 Å². The smallest absolute Gasteiger partial charge is 0.267 e. The molecule has 2 aliphatic rings. The van der Waals surface area contributed by atoms with Gasteiger partial charge in [0.25, 0.3) is 5.56 Å². The number of H-pyrrole nitrogens is 1. The zero-order valence-electron chi connectivity index (χ0n) is 15.5. The van der Waals surface area contributed by atoms with Gasteiger partial charge < -0.3 is 14.8 Å². The number of halogens is 2. The second kappa shape index (κ2) is 9.13. The Labute approximate surface area is 171 Å². The van der Waals surface area contributed by atoms with Gasteiger partial charge in [-0.3, -0.25) is 4.79 Å². The van der Waals surface area contributed by atoms with Crippen LogP contribution in [0.2, 0.25) is 5.02 Å². The summed E-state index contributed by atoms with van der Waals surface area (Å²) < 4.78 is 0. The Morgan fingerprint density at radius 1 is 0.889 bits per heavy atom. The fourth-order valence-corrected chi connectivity index (χ4v) is 4.36. The lowest BCUT2D eigenvalue weighted by Crippen LogP contribution is -2.46. The van der Waals surface area contributed by atoms with Crippen LogP contribution in [0.4, 0.5) is 5.69 Å². The van der Waals surface area contributed by atoms with Crippen LogP contribution in [0.15, 0.2) is 41.2 Å². The van der Waals surface area contributed by atoms with Crippen LogP contribution in [-0.4, -0.2) is 42.1 Å². The first-order valence-corrected chi connectivity index (χ1v) is 10.1. The van der Waals surface area contributed by atoms with E-state index in [1.807, 2.05) is 6.07 Å². The quantitative estimate of drug-likeness (QED) is 0.809. The summed E-state index contributed by atoms with van der Waals surface area (Å²) in [7, 11) is 0. The zero-order chi connectivity index (χ0) is 17.9. The first-order chi connectivity index (χ1) is 12.7. The number of hydrogen-bond donors (Lipinski definition) is 1. The van der Waals surface area contributed by atoms with Crippen LogP contribution in [-0.2, 0) is 0 Å². The molecule has 2 aliphatic heterocycles. The predicted molar refractivity (Wildman–Crippen MR) is 115 cm³/mol. The van der Waals surface area contributed by atoms with Gasteiger partial charge in [0, 0.05) is 30.5 Å². The van der Waals surface area contributed by atoms with E-state index in [1.54, 1.807) is 6.07 Å². The van der Waals surface area contributed by atoms with Crippen molar-refractivity contribution in [3.63, 3.8) is 0 Å². The summed E-state index contributed by atoms with van der Waals surface area (Å²) >= 11 is 5.81. The van der Waals surface area contributed by atoms with E-state index in [0.717, 1.165) is 30.4 Å². The van der Waals surface area contributed by atoms with Gasteiger partial charge in [0.2, 0.25) is 0 Å². The van der Waals surface area contributed by atoms with Crippen LogP contribution in [0, 0.1) is 0 Å². The normalized spacial score (nSPS) is 18.9. The third kappa shape index (κ3) is 4.68. The van der Waals surface area contributed by atoms with E-state index in [9.17, 15) is 4.79 Å². The molecule has 2 fully saturated rings. The number of nitrogens with zero attached hydrogens (tertiary/aromatic N) is 2. The van der Waals surface area contributed by atoms with Crippen molar-refractivity contribution in [1.29, 1.82) is 0 Å². The number of hydrogen-bond acceptors (Lipinski definition) is 3. The fraction of sp³-hybridized carbons (Fsp3) is 0.476. The Bertz CT molecular complexity index is 792. The number of benzene rings is 1. The molecule has 4 nitrogen and oxygen atoms in total. The van der Waals surface area contributed by atoms with Crippen molar-refractivity contribution in [3.8, 4) is 11.3 Å². The number of piperidine rings is 2. The minimum Gasteiger partial charge on any atom is -0.371 e.